The minimum atomic E-state index is -1.37. The monoisotopic (exact) mass is 452 g/mol. The van der Waals surface area contributed by atoms with Gasteiger partial charge in [0.1, 0.15) is 11.7 Å². The Morgan fingerprint density at radius 3 is 2.58 bits per heavy atom. The van der Waals surface area contributed by atoms with Crippen molar-refractivity contribution in [2.45, 2.75) is 91.0 Å². The smallest absolute Gasteiger partial charge is 0.334 e. The lowest BCUT2D eigenvalue weighted by atomic mass is 9.52. The average Bonchev–Trinajstić information content (AvgIpc) is 3.03. The van der Waals surface area contributed by atoms with Crippen molar-refractivity contribution in [3.8, 4) is 0 Å². The number of esters is 1. The number of fused-ring (bicyclic) bond motifs is 4. The first-order valence-corrected chi connectivity index (χ1v) is 12.3. The van der Waals surface area contributed by atoms with Crippen LogP contribution in [0.5, 0.6) is 0 Å². The van der Waals surface area contributed by atoms with E-state index in [1.165, 1.54) is 16.7 Å². The van der Waals surface area contributed by atoms with Gasteiger partial charge in [-0.05, 0) is 77.2 Å². The Kier molecular flexibility index (Phi) is 5.01. The van der Waals surface area contributed by atoms with E-state index in [9.17, 15) is 19.8 Å². The topological polar surface area (TPSA) is 83.8 Å². The minimum absolute atomic E-state index is 0.147. The van der Waals surface area contributed by atoms with Gasteiger partial charge in [-0.3, -0.25) is 4.79 Å². The van der Waals surface area contributed by atoms with Crippen LogP contribution in [-0.4, -0.2) is 39.8 Å². The van der Waals surface area contributed by atoms with Crippen LogP contribution in [0.2, 0.25) is 0 Å². The van der Waals surface area contributed by atoms with E-state index in [1.807, 2.05) is 13.0 Å². The number of aliphatic hydroxyl groups excluding tert-OH is 1. The molecule has 1 fully saturated rings. The fourth-order valence-electron chi connectivity index (χ4n) is 7.89. The number of carbonyl (C=O) groups excluding carboxylic acids is 2. The average molecular weight is 453 g/mol. The molecule has 1 aliphatic heterocycles. The lowest BCUT2D eigenvalue weighted by Crippen LogP contribution is -2.57. The first-order valence-electron chi connectivity index (χ1n) is 12.3. The van der Waals surface area contributed by atoms with Crippen LogP contribution >= 0.6 is 0 Å². The summed E-state index contributed by atoms with van der Waals surface area (Å²) in [6.45, 7) is 9.64. The molecule has 2 N–H and O–H groups in total. The van der Waals surface area contributed by atoms with E-state index >= 15 is 0 Å². The number of rotatable bonds is 2. The summed E-state index contributed by atoms with van der Waals surface area (Å²) in [4.78, 5) is 25.5. The van der Waals surface area contributed by atoms with Gasteiger partial charge in [0.2, 0.25) is 0 Å². The summed E-state index contributed by atoms with van der Waals surface area (Å²) >= 11 is 0. The van der Waals surface area contributed by atoms with Gasteiger partial charge in [-0.1, -0.05) is 41.4 Å². The maximum absolute atomic E-state index is 13.1. The number of hydrogen-bond donors (Lipinski definition) is 2. The Morgan fingerprint density at radius 2 is 1.88 bits per heavy atom. The Morgan fingerprint density at radius 1 is 1.15 bits per heavy atom. The molecule has 5 nitrogen and oxygen atoms in total. The number of allylic oxidation sites excluding steroid dienone is 5. The molecule has 7 atom stereocenters. The van der Waals surface area contributed by atoms with E-state index < -0.39 is 34.6 Å². The fraction of sp³-hybridized carbons (Fsp3) is 0.643. The molecular formula is C28H36O5. The number of cyclic esters (lactones) is 1. The molecule has 1 heterocycles. The van der Waals surface area contributed by atoms with E-state index in [4.69, 9.17) is 4.74 Å². The molecule has 0 saturated heterocycles. The van der Waals surface area contributed by atoms with Crippen molar-refractivity contribution < 1.29 is 24.5 Å². The van der Waals surface area contributed by atoms with Gasteiger partial charge in [0.05, 0.1) is 11.5 Å². The molecule has 0 aromatic heterocycles. The number of carbonyl (C=O) groups is 2. The predicted octanol–water partition coefficient (Wildman–Crippen LogP) is 4.35. The van der Waals surface area contributed by atoms with Crippen LogP contribution in [-0.2, 0) is 14.3 Å². The highest BCUT2D eigenvalue weighted by Crippen LogP contribution is 2.64. The van der Waals surface area contributed by atoms with Crippen LogP contribution in [0.15, 0.2) is 46.1 Å². The Labute approximate surface area is 196 Å². The molecule has 0 amide bonds. The highest BCUT2D eigenvalue weighted by Gasteiger charge is 2.62. The zero-order chi connectivity index (χ0) is 23.9. The molecule has 0 spiro atoms. The van der Waals surface area contributed by atoms with Gasteiger partial charge in [-0.15, -0.1) is 0 Å². The molecule has 7 unspecified atom stereocenters. The van der Waals surface area contributed by atoms with Crippen LogP contribution in [0, 0.1) is 22.7 Å². The third-order valence-electron chi connectivity index (χ3n) is 9.95. The third-order valence-corrected chi connectivity index (χ3v) is 9.95. The second-order valence-electron chi connectivity index (χ2n) is 11.6. The van der Waals surface area contributed by atoms with Gasteiger partial charge in [0, 0.05) is 17.9 Å². The maximum Gasteiger partial charge on any atom is 0.334 e. The standard InChI is InChI=1S/C28H36O5/c1-15-13-23(33-25(31)16(15)2)28(5,32)24-21(29)14-20-18-10-9-17-7-6-8-22(30)27(17,4)19(18)11-12-26(20,24)3/h6,8-9,19,21,23-24,29,32H,7,10-14H2,1-5H3. The van der Waals surface area contributed by atoms with Crippen molar-refractivity contribution in [2.75, 3.05) is 0 Å². The van der Waals surface area contributed by atoms with Crippen LogP contribution < -0.4 is 0 Å². The van der Waals surface area contributed by atoms with Gasteiger partial charge < -0.3 is 14.9 Å². The molecule has 0 aromatic rings. The molecule has 5 heteroatoms. The molecule has 178 valence electrons. The summed E-state index contributed by atoms with van der Waals surface area (Å²) < 4.78 is 5.69. The lowest BCUT2D eigenvalue weighted by molar-refractivity contribution is -0.184. The highest BCUT2D eigenvalue weighted by molar-refractivity contribution is 5.99. The number of ketones is 1. The number of ether oxygens (including phenoxy) is 1. The molecule has 0 bridgehead atoms. The van der Waals surface area contributed by atoms with Crippen LogP contribution in [0.1, 0.15) is 73.1 Å². The predicted molar refractivity (Wildman–Crippen MR) is 125 cm³/mol. The van der Waals surface area contributed by atoms with Crippen molar-refractivity contribution in [3.05, 3.63) is 46.1 Å². The van der Waals surface area contributed by atoms with E-state index in [2.05, 4.69) is 19.9 Å². The lowest BCUT2D eigenvalue weighted by Gasteiger charge is -2.52. The molecule has 0 aromatic carbocycles. The molecule has 5 aliphatic rings. The van der Waals surface area contributed by atoms with E-state index in [0.717, 1.165) is 31.3 Å². The zero-order valence-electron chi connectivity index (χ0n) is 20.4. The molecule has 0 radical (unpaired) electrons. The quantitative estimate of drug-likeness (QED) is 0.481. The summed E-state index contributed by atoms with van der Waals surface area (Å²) in [6.07, 6.45) is 8.79. The normalized spacial score (nSPS) is 42.3. The Balaban J connectivity index is 1.55. The first-order chi connectivity index (χ1) is 15.4. The fourth-order valence-corrected chi connectivity index (χ4v) is 7.89. The highest BCUT2D eigenvalue weighted by atomic mass is 16.6. The van der Waals surface area contributed by atoms with Crippen molar-refractivity contribution in [2.24, 2.45) is 22.7 Å². The van der Waals surface area contributed by atoms with E-state index in [0.29, 0.717) is 18.4 Å². The van der Waals surface area contributed by atoms with Crippen LogP contribution in [0.25, 0.3) is 0 Å². The van der Waals surface area contributed by atoms with Crippen molar-refractivity contribution in [1.82, 2.24) is 0 Å². The second-order valence-corrected chi connectivity index (χ2v) is 11.6. The molecule has 4 aliphatic carbocycles. The van der Waals surface area contributed by atoms with E-state index in [-0.39, 0.29) is 17.7 Å². The summed E-state index contributed by atoms with van der Waals surface area (Å²) in [5.41, 5.74) is 2.97. The first kappa shape index (κ1) is 22.8. The van der Waals surface area contributed by atoms with Crippen molar-refractivity contribution >= 4 is 11.8 Å². The van der Waals surface area contributed by atoms with Gasteiger partial charge in [-0.2, -0.15) is 0 Å². The molecule has 1 saturated carbocycles. The zero-order valence-corrected chi connectivity index (χ0v) is 20.4. The second kappa shape index (κ2) is 7.26. The third kappa shape index (κ3) is 2.97. The van der Waals surface area contributed by atoms with Crippen LogP contribution in [0.3, 0.4) is 0 Å². The van der Waals surface area contributed by atoms with Crippen molar-refractivity contribution in [3.63, 3.8) is 0 Å². The van der Waals surface area contributed by atoms with E-state index in [1.54, 1.807) is 19.9 Å². The number of hydrogen-bond acceptors (Lipinski definition) is 5. The van der Waals surface area contributed by atoms with Gasteiger partial charge >= 0.3 is 5.97 Å². The Hall–Kier alpha value is -1.98. The van der Waals surface area contributed by atoms with Gasteiger partial charge in [0.15, 0.2) is 5.78 Å². The SMILES string of the molecule is CC1=C(C)C(=O)OC(C(C)(O)C2C(O)CC3=C4CC=C5CC=CC(=O)C5(C)C4CCC32C)C1. The van der Waals surface area contributed by atoms with Crippen LogP contribution in [0.4, 0.5) is 0 Å². The summed E-state index contributed by atoms with van der Waals surface area (Å²) in [5, 5.41) is 23.2. The molecule has 5 rings (SSSR count). The van der Waals surface area contributed by atoms with Gasteiger partial charge in [0.25, 0.3) is 0 Å². The molecule has 33 heavy (non-hydrogen) atoms. The van der Waals surface area contributed by atoms with Crippen molar-refractivity contribution in [1.29, 1.82) is 0 Å². The van der Waals surface area contributed by atoms with Gasteiger partial charge in [-0.25, -0.2) is 4.79 Å². The molecular weight excluding hydrogens is 416 g/mol. The number of aliphatic hydroxyl groups is 2. The summed E-state index contributed by atoms with van der Waals surface area (Å²) in [5.74, 6) is -0.502. The largest absolute Gasteiger partial charge is 0.456 e. The minimum Gasteiger partial charge on any atom is -0.456 e. The maximum atomic E-state index is 13.1. The summed E-state index contributed by atoms with van der Waals surface area (Å²) in [7, 11) is 0. The Bertz CT molecular complexity index is 1060. The summed E-state index contributed by atoms with van der Waals surface area (Å²) in [6, 6.07) is 0.